The number of thiophene rings is 1. The number of amides is 3. The maximum atomic E-state index is 13.7. The molecule has 3 aromatic rings. The van der Waals surface area contributed by atoms with Crippen molar-refractivity contribution in [1.82, 2.24) is 15.2 Å². The van der Waals surface area contributed by atoms with Crippen LogP contribution in [0.2, 0.25) is 0 Å². The van der Waals surface area contributed by atoms with Crippen molar-refractivity contribution in [3.63, 3.8) is 0 Å². The summed E-state index contributed by atoms with van der Waals surface area (Å²) in [6.45, 7) is 6.85. The molecule has 0 saturated heterocycles. The summed E-state index contributed by atoms with van der Waals surface area (Å²) < 4.78 is 13.4. The zero-order valence-corrected chi connectivity index (χ0v) is 32.1. The van der Waals surface area contributed by atoms with Gasteiger partial charge in [0.05, 0.1) is 48.8 Å². The van der Waals surface area contributed by atoms with Gasteiger partial charge in [0.25, 0.3) is 0 Å². The molecule has 1 saturated carbocycles. The summed E-state index contributed by atoms with van der Waals surface area (Å²) in [5.41, 5.74) is 3.53. The van der Waals surface area contributed by atoms with Gasteiger partial charge in [0.2, 0.25) is 17.7 Å². The van der Waals surface area contributed by atoms with E-state index in [0.717, 1.165) is 67.3 Å². The average molecular weight is 753 g/mol. The van der Waals surface area contributed by atoms with Crippen LogP contribution < -0.4 is 15.5 Å². The third-order valence-electron chi connectivity index (χ3n) is 9.82. The first-order chi connectivity index (χ1) is 25.7. The van der Waals surface area contributed by atoms with Gasteiger partial charge in [0, 0.05) is 44.1 Å². The summed E-state index contributed by atoms with van der Waals surface area (Å²) in [4.78, 5) is 64.5. The molecule has 0 spiro atoms. The van der Waals surface area contributed by atoms with E-state index in [4.69, 9.17) is 14.6 Å². The maximum Gasteiger partial charge on any atom is 0.305 e. The number of likely N-dealkylation sites (N-methyl/N-ethyl adjacent to an activating group) is 1. The second kappa shape index (κ2) is 22.2. The second-order valence-electron chi connectivity index (χ2n) is 13.6. The number of rotatable bonds is 24. The Balaban J connectivity index is 1.11. The largest absolute Gasteiger partial charge is 0.481 e. The lowest BCUT2D eigenvalue weighted by molar-refractivity contribution is -0.138. The van der Waals surface area contributed by atoms with Crippen LogP contribution in [0.25, 0.3) is 10.2 Å². The highest BCUT2D eigenvalue weighted by atomic mass is 32.1. The van der Waals surface area contributed by atoms with Gasteiger partial charge in [0.15, 0.2) is 5.78 Å². The minimum atomic E-state index is -0.900. The number of nitrogens with zero attached hydrogens (tertiary/aromatic N) is 2. The predicted octanol–water partition coefficient (Wildman–Crippen LogP) is 6.00. The number of fused-ring (bicyclic) bond motifs is 1. The van der Waals surface area contributed by atoms with Crippen molar-refractivity contribution in [2.24, 2.45) is 11.8 Å². The number of ether oxygens (including phenoxy) is 2. The lowest BCUT2D eigenvalue weighted by atomic mass is 9.79. The van der Waals surface area contributed by atoms with E-state index in [1.54, 1.807) is 16.2 Å². The minimum absolute atomic E-state index is 0.0360. The molecule has 53 heavy (non-hydrogen) atoms. The normalized spacial score (nSPS) is 15.7. The Morgan fingerprint density at radius 1 is 0.887 bits per heavy atom. The van der Waals surface area contributed by atoms with Crippen LogP contribution in [0, 0.1) is 11.8 Å². The number of hydrogen-bond donors (Lipinski definition) is 3. The number of carbonyl (C=O) groups excluding carboxylic acids is 4. The van der Waals surface area contributed by atoms with E-state index in [9.17, 15) is 24.0 Å². The Morgan fingerprint density at radius 2 is 1.66 bits per heavy atom. The predicted molar refractivity (Wildman–Crippen MR) is 206 cm³/mol. The number of carboxylic acids is 1. The molecule has 3 N–H and O–H groups in total. The van der Waals surface area contributed by atoms with Gasteiger partial charge in [-0.05, 0) is 93.0 Å². The summed E-state index contributed by atoms with van der Waals surface area (Å²) in [7, 11) is 0. The van der Waals surface area contributed by atoms with E-state index in [1.807, 2.05) is 41.1 Å². The second-order valence-corrected chi connectivity index (χ2v) is 14.6. The lowest BCUT2D eigenvalue weighted by Crippen LogP contribution is -2.35. The van der Waals surface area contributed by atoms with Crippen LogP contribution in [0.1, 0.15) is 94.1 Å². The highest BCUT2D eigenvalue weighted by Crippen LogP contribution is 2.33. The van der Waals surface area contributed by atoms with E-state index < -0.39 is 5.97 Å². The Labute approximate surface area is 316 Å². The molecule has 0 atom stereocenters. The molecule has 4 rings (SSSR count). The molecule has 1 aromatic carbocycles. The standard InChI is InChI=1S/C40H56N4O8S/c1-3-29-9-8-10-32(25-29)43(4-2)38(47)28-44-33-17-24-53-36(33)27-34(44)35(45)26-30-12-14-31(15-13-30)40(50)42-18-7-5-6-11-37(46)41-19-21-52-23-22-51-20-16-39(48)49/h8-10,17,24-25,27,30-31H,3-7,11-16,18-23,26,28H2,1-2H3,(H,41,46)(H,42,50)(H,48,49). The van der Waals surface area contributed by atoms with E-state index in [0.29, 0.717) is 58.0 Å². The number of ketones is 1. The SMILES string of the molecule is CCc1cccc(N(CC)C(=O)Cn2c(C(=O)CC3CCC(C(=O)NCCCCCC(=O)NCCOCCOCCC(=O)O)CC3)cc3sccc32)c1. The first-order valence-corrected chi connectivity index (χ1v) is 20.0. The molecular formula is C40H56N4O8S. The van der Waals surface area contributed by atoms with Crippen LogP contribution in [0.3, 0.4) is 0 Å². The number of carbonyl (C=O) groups is 5. The van der Waals surface area contributed by atoms with Crippen molar-refractivity contribution in [1.29, 1.82) is 0 Å². The molecule has 1 aliphatic carbocycles. The zero-order chi connectivity index (χ0) is 38.0. The van der Waals surface area contributed by atoms with Crippen LogP contribution >= 0.6 is 11.3 Å². The Hall–Kier alpha value is -4.07. The molecule has 0 aliphatic heterocycles. The number of anilines is 1. The van der Waals surface area contributed by atoms with Gasteiger partial charge in [-0.2, -0.15) is 0 Å². The van der Waals surface area contributed by atoms with Crippen LogP contribution in [0.4, 0.5) is 5.69 Å². The molecule has 2 heterocycles. The van der Waals surface area contributed by atoms with Gasteiger partial charge in [-0.25, -0.2) is 0 Å². The summed E-state index contributed by atoms with van der Waals surface area (Å²) >= 11 is 1.57. The van der Waals surface area contributed by atoms with Gasteiger partial charge in [-0.1, -0.05) is 25.5 Å². The van der Waals surface area contributed by atoms with Gasteiger partial charge < -0.3 is 34.7 Å². The average Bonchev–Trinajstić information content (AvgIpc) is 3.75. The van der Waals surface area contributed by atoms with Gasteiger partial charge >= 0.3 is 5.97 Å². The number of carboxylic acid groups (broad SMARTS) is 1. The molecule has 12 nitrogen and oxygen atoms in total. The van der Waals surface area contributed by atoms with Crippen LogP contribution in [0.5, 0.6) is 0 Å². The molecule has 13 heteroatoms. The Morgan fingerprint density at radius 3 is 2.40 bits per heavy atom. The fourth-order valence-electron chi connectivity index (χ4n) is 6.82. The topological polar surface area (TPSA) is 156 Å². The monoisotopic (exact) mass is 752 g/mol. The minimum Gasteiger partial charge on any atom is -0.481 e. The Kier molecular flexibility index (Phi) is 17.5. The third-order valence-corrected chi connectivity index (χ3v) is 10.7. The molecule has 1 fully saturated rings. The van der Waals surface area contributed by atoms with Crippen molar-refractivity contribution >= 4 is 56.7 Å². The molecule has 0 radical (unpaired) electrons. The summed E-state index contributed by atoms with van der Waals surface area (Å²) in [6, 6.07) is 12.0. The fraction of sp³-hybridized carbons (Fsp3) is 0.575. The molecular weight excluding hydrogens is 697 g/mol. The van der Waals surface area contributed by atoms with Gasteiger partial charge in [0.1, 0.15) is 6.54 Å². The van der Waals surface area contributed by atoms with E-state index >= 15 is 0 Å². The zero-order valence-electron chi connectivity index (χ0n) is 31.2. The number of benzene rings is 1. The highest BCUT2D eigenvalue weighted by Gasteiger charge is 2.29. The summed E-state index contributed by atoms with van der Waals surface area (Å²) in [6.07, 6.45) is 7.18. The van der Waals surface area contributed by atoms with Crippen molar-refractivity contribution in [3.8, 4) is 0 Å². The number of nitrogens with one attached hydrogen (secondary N) is 2. The van der Waals surface area contributed by atoms with E-state index in [1.165, 1.54) is 5.56 Å². The van der Waals surface area contributed by atoms with Gasteiger partial charge in [-0.15, -0.1) is 11.3 Å². The Bertz CT molecular complexity index is 1640. The highest BCUT2D eigenvalue weighted by molar-refractivity contribution is 7.17. The third kappa shape index (κ3) is 13.4. The van der Waals surface area contributed by atoms with E-state index in [-0.39, 0.29) is 54.9 Å². The quantitative estimate of drug-likeness (QED) is 0.0744. The molecule has 0 unspecified atom stereocenters. The molecule has 290 valence electrons. The van der Waals surface area contributed by atoms with E-state index in [2.05, 4.69) is 29.7 Å². The lowest BCUT2D eigenvalue weighted by Gasteiger charge is -2.27. The number of unbranched alkanes of at least 4 members (excludes halogenated alkanes) is 2. The first-order valence-electron chi connectivity index (χ1n) is 19.1. The first kappa shape index (κ1) is 41.7. The van der Waals surface area contributed by atoms with Crippen molar-refractivity contribution < 1.29 is 38.6 Å². The smallest absolute Gasteiger partial charge is 0.305 e. The van der Waals surface area contributed by atoms with Crippen LogP contribution in [-0.4, -0.2) is 85.2 Å². The fourth-order valence-corrected chi connectivity index (χ4v) is 7.64. The van der Waals surface area contributed by atoms with Crippen LogP contribution in [-0.2, 0) is 41.6 Å². The number of hydrogen-bond acceptors (Lipinski definition) is 8. The number of aliphatic carboxylic acids is 1. The maximum absolute atomic E-state index is 13.7. The van der Waals surface area contributed by atoms with Crippen molar-refractivity contribution in [2.75, 3.05) is 51.0 Å². The van der Waals surface area contributed by atoms with Crippen LogP contribution in [0.15, 0.2) is 41.8 Å². The van der Waals surface area contributed by atoms with Crippen molar-refractivity contribution in [2.45, 2.75) is 91.0 Å². The summed E-state index contributed by atoms with van der Waals surface area (Å²) in [5, 5.41) is 16.4. The molecule has 3 amide bonds. The number of Topliss-reactive ketones (excluding diaryl/α,β-unsaturated/α-hetero) is 1. The summed E-state index contributed by atoms with van der Waals surface area (Å²) in [5.74, 6) is -0.725. The number of aryl methyl sites for hydroxylation is 1. The number of aromatic nitrogens is 1. The molecule has 1 aliphatic rings. The molecule has 0 bridgehead atoms. The molecule has 2 aromatic heterocycles. The van der Waals surface area contributed by atoms with Gasteiger partial charge in [-0.3, -0.25) is 24.0 Å². The van der Waals surface area contributed by atoms with Crippen molar-refractivity contribution in [3.05, 3.63) is 53.0 Å².